The van der Waals surface area contributed by atoms with E-state index < -0.39 is 0 Å². The van der Waals surface area contributed by atoms with Crippen molar-refractivity contribution in [1.82, 2.24) is 14.8 Å². The standard InChI is InChI=1S/C11H14N4/c1-9(11-5-3-4-6-12-11)14-10-7-13-15(2)8-10/h3-9,14H,1-2H3. The Morgan fingerprint density at radius 3 is 2.87 bits per heavy atom. The fourth-order valence-electron chi connectivity index (χ4n) is 1.45. The topological polar surface area (TPSA) is 42.7 Å². The normalized spacial score (nSPS) is 12.4. The van der Waals surface area contributed by atoms with Gasteiger partial charge in [0.25, 0.3) is 0 Å². The van der Waals surface area contributed by atoms with Crippen LogP contribution in [-0.2, 0) is 7.05 Å². The fourth-order valence-corrected chi connectivity index (χ4v) is 1.45. The van der Waals surface area contributed by atoms with Crippen molar-refractivity contribution >= 4 is 5.69 Å². The highest BCUT2D eigenvalue weighted by Crippen LogP contribution is 2.15. The summed E-state index contributed by atoms with van der Waals surface area (Å²) in [6.45, 7) is 2.08. The molecule has 0 radical (unpaired) electrons. The Morgan fingerprint density at radius 2 is 2.27 bits per heavy atom. The lowest BCUT2D eigenvalue weighted by Gasteiger charge is -2.12. The molecule has 78 valence electrons. The van der Waals surface area contributed by atoms with Crippen LogP contribution in [0.25, 0.3) is 0 Å². The summed E-state index contributed by atoms with van der Waals surface area (Å²) in [6.07, 6.45) is 5.55. The molecule has 2 aromatic heterocycles. The van der Waals surface area contributed by atoms with Crippen molar-refractivity contribution < 1.29 is 0 Å². The van der Waals surface area contributed by atoms with E-state index in [0.717, 1.165) is 11.4 Å². The maximum Gasteiger partial charge on any atom is 0.0731 e. The Balaban J connectivity index is 2.07. The van der Waals surface area contributed by atoms with E-state index in [0.29, 0.717) is 0 Å². The lowest BCUT2D eigenvalue weighted by Crippen LogP contribution is -2.07. The van der Waals surface area contributed by atoms with Crippen LogP contribution < -0.4 is 5.32 Å². The second-order valence-electron chi connectivity index (χ2n) is 3.52. The van der Waals surface area contributed by atoms with Gasteiger partial charge in [0, 0.05) is 19.4 Å². The lowest BCUT2D eigenvalue weighted by atomic mass is 10.2. The van der Waals surface area contributed by atoms with Gasteiger partial charge >= 0.3 is 0 Å². The number of hydrogen-bond donors (Lipinski definition) is 1. The van der Waals surface area contributed by atoms with Crippen LogP contribution >= 0.6 is 0 Å². The van der Waals surface area contributed by atoms with E-state index in [-0.39, 0.29) is 6.04 Å². The van der Waals surface area contributed by atoms with E-state index in [1.54, 1.807) is 17.1 Å². The van der Waals surface area contributed by atoms with E-state index in [1.807, 2.05) is 31.4 Å². The van der Waals surface area contributed by atoms with Gasteiger partial charge in [0.05, 0.1) is 23.6 Å². The quantitative estimate of drug-likeness (QED) is 0.827. The van der Waals surface area contributed by atoms with Gasteiger partial charge in [0.1, 0.15) is 0 Å². The molecule has 0 spiro atoms. The van der Waals surface area contributed by atoms with E-state index in [1.165, 1.54) is 0 Å². The summed E-state index contributed by atoms with van der Waals surface area (Å²) in [5.41, 5.74) is 2.04. The fraction of sp³-hybridized carbons (Fsp3) is 0.273. The molecule has 0 amide bonds. The zero-order valence-corrected chi connectivity index (χ0v) is 8.88. The number of nitrogens with zero attached hydrogens (tertiary/aromatic N) is 3. The summed E-state index contributed by atoms with van der Waals surface area (Å²) in [5.74, 6) is 0. The number of rotatable bonds is 3. The molecule has 0 bridgehead atoms. The largest absolute Gasteiger partial charge is 0.374 e. The first-order valence-corrected chi connectivity index (χ1v) is 4.92. The van der Waals surface area contributed by atoms with E-state index in [4.69, 9.17) is 0 Å². The van der Waals surface area contributed by atoms with Crippen LogP contribution in [0.1, 0.15) is 18.7 Å². The van der Waals surface area contributed by atoms with Gasteiger partial charge in [-0.1, -0.05) is 6.07 Å². The molecule has 2 aromatic rings. The zero-order valence-electron chi connectivity index (χ0n) is 8.88. The van der Waals surface area contributed by atoms with Crippen LogP contribution in [0.5, 0.6) is 0 Å². The number of aryl methyl sites for hydroxylation is 1. The van der Waals surface area contributed by atoms with E-state index in [2.05, 4.69) is 22.3 Å². The Bertz CT molecular complexity index is 421. The summed E-state index contributed by atoms with van der Waals surface area (Å²) in [4.78, 5) is 4.29. The van der Waals surface area contributed by atoms with Gasteiger partial charge in [-0.15, -0.1) is 0 Å². The van der Waals surface area contributed by atoms with Crippen molar-refractivity contribution in [1.29, 1.82) is 0 Å². The molecule has 0 fully saturated rings. The first-order valence-electron chi connectivity index (χ1n) is 4.92. The van der Waals surface area contributed by atoms with Gasteiger partial charge in [-0.2, -0.15) is 5.10 Å². The molecule has 4 heteroatoms. The number of nitrogens with one attached hydrogen (secondary N) is 1. The number of hydrogen-bond acceptors (Lipinski definition) is 3. The van der Waals surface area contributed by atoms with Crippen molar-refractivity contribution in [3.05, 3.63) is 42.5 Å². The summed E-state index contributed by atoms with van der Waals surface area (Å²) in [6, 6.07) is 6.10. The molecule has 0 saturated carbocycles. The molecular weight excluding hydrogens is 188 g/mol. The smallest absolute Gasteiger partial charge is 0.0731 e. The Hall–Kier alpha value is -1.84. The highest BCUT2D eigenvalue weighted by molar-refractivity contribution is 5.40. The van der Waals surface area contributed by atoms with Gasteiger partial charge in [-0.25, -0.2) is 0 Å². The van der Waals surface area contributed by atoms with Crippen LogP contribution in [0.3, 0.4) is 0 Å². The second kappa shape index (κ2) is 4.13. The minimum atomic E-state index is 0.190. The van der Waals surface area contributed by atoms with Crippen LogP contribution in [-0.4, -0.2) is 14.8 Å². The van der Waals surface area contributed by atoms with E-state index in [9.17, 15) is 0 Å². The third-order valence-electron chi connectivity index (χ3n) is 2.22. The Morgan fingerprint density at radius 1 is 1.40 bits per heavy atom. The summed E-state index contributed by atoms with van der Waals surface area (Å²) >= 11 is 0. The average Bonchev–Trinajstić information content (AvgIpc) is 2.65. The monoisotopic (exact) mass is 202 g/mol. The average molecular weight is 202 g/mol. The van der Waals surface area contributed by atoms with Crippen molar-refractivity contribution in [2.45, 2.75) is 13.0 Å². The molecule has 0 aromatic carbocycles. The summed E-state index contributed by atoms with van der Waals surface area (Å²) in [5, 5.41) is 7.43. The second-order valence-corrected chi connectivity index (χ2v) is 3.52. The molecule has 2 rings (SSSR count). The highest BCUT2D eigenvalue weighted by atomic mass is 15.3. The van der Waals surface area contributed by atoms with E-state index >= 15 is 0 Å². The van der Waals surface area contributed by atoms with Gasteiger partial charge in [0.15, 0.2) is 0 Å². The molecule has 2 heterocycles. The molecule has 0 aliphatic rings. The van der Waals surface area contributed by atoms with Crippen molar-refractivity contribution in [2.24, 2.45) is 7.05 Å². The van der Waals surface area contributed by atoms with Crippen molar-refractivity contribution in [2.75, 3.05) is 5.32 Å². The molecular formula is C11H14N4. The Kier molecular flexibility index (Phi) is 2.67. The lowest BCUT2D eigenvalue weighted by molar-refractivity contribution is 0.767. The van der Waals surface area contributed by atoms with Crippen molar-refractivity contribution in [3.8, 4) is 0 Å². The maximum atomic E-state index is 4.29. The molecule has 0 aliphatic heterocycles. The first kappa shape index (κ1) is 9.71. The molecule has 15 heavy (non-hydrogen) atoms. The number of anilines is 1. The maximum absolute atomic E-state index is 4.29. The SMILES string of the molecule is CC(Nc1cnn(C)c1)c1ccccn1. The summed E-state index contributed by atoms with van der Waals surface area (Å²) in [7, 11) is 1.90. The molecule has 1 unspecified atom stereocenters. The zero-order chi connectivity index (χ0) is 10.7. The van der Waals surface area contributed by atoms with Crippen LogP contribution in [0, 0.1) is 0 Å². The van der Waals surface area contributed by atoms with Crippen LogP contribution in [0.15, 0.2) is 36.8 Å². The van der Waals surface area contributed by atoms with Crippen LogP contribution in [0.4, 0.5) is 5.69 Å². The minimum absolute atomic E-state index is 0.190. The van der Waals surface area contributed by atoms with Crippen molar-refractivity contribution in [3.63, 3.8) is 0 Å². The third kappa shape index (κ3) is 2.34. The van der Waals surface area contributed by atoms with Gasteiger partial charge in [-0.05, 0) is 19.1 Å². The third-order valence-corrected chi connectivity index (χ3v) is 2.22. The minimum Gasteiger partial charge on any atom is -0.374 e. The molecule has 1 atom stereocenters. The molecule has 4 nitrogen and oxygen atoms in total. The van der Waals surface area contributed by atoms with Gasteiger partial charge in [-0.3, -0.25) is 9.67 Å². The predicted molar refractivity (Wildman–Crippen MR) is 59.5 cm³/mol. The molecule has 0 aliphatic carbocycles. The highest BCUT2D eigenvalue weighted by Gasteiger charge is 2.06. The summed E-state index contributed by atoms with van der Waals surface area (Å²) < 4.78 is 1.77. The van der Waals surface area contributed by atoms with Gasteiger partial charge in [0.2, 0.25) is 0 Å². The predicted octanol–water partition coefficient (Wildman–Crippen LogP) is 1.99. The van der Waals surface area contributed by atoms with Gasteiger partial charge < -0.3 is 5.32 Å². The Labute approximate surface area is 89.0 Å². The molecule has 0 saturated heterocycles. The number of pyridine rings is 1. The molecule has 1 N–H and O–H groups in total. The first-order chi connectivity index (χ1) is 7.25. The number of aromatic nitrogens is 3. The van der Waals surface area contributed by atoms with Crippen LogP contribution in [0.2, 0.25) is 0 Å².